The highest BCUT2D eigenvalue weighted by Gasteiger charge is 2.16. The molecule has 3 heteroatoms. The van der Waals surface area contributed by atoms with Gasteiger partial charge in [0.1, 0.15) is 5.82 Å². The number of aryl methyl sites for hydroxylation is 1. The van der Waals surface area contributed by atoms with Gasteiger partial charge in [-0.2, -0.15) is 0 Å². The van der Waals surface area contributed by atoms with Crippen LogP contribution < -0.4 is 0 Å². The summed E-state index contributed by atoms with van der Waals surface area (Å²) in [4.78, 5) is 0. The molecule has 0 amide bonds. The molecule has 0 saturated carbocycles. The number of benzene rings is 2. The second-order valence-electron chi connectivity index (χ2n) is 5.49. The fourth-order valence-electron chi connectivity index (χ4n) is 2.96. The van der Waals surface area contributed by atoms with Crippen molar-refractivity contribution < 1.29 is 0 Å². The van der Waals surface area contributed by atoms with Crippen LogP contribution in [0.3, 0.4) is 0 Å². The molecule has 0 saturated heterocycles. The van der Waals surface area contributed by atoms with E-state index in [1.54, 1.807) is 0 Å². The zero-order valence-corrected chi connectivity index (χ0v) is 11.9. The van der Waals surface area contributed by atoms with Crippen LogP contribution in [0.25, 0.3) is 22.5 Å². The number of rotatable bonds is 2. The van der Waals surface area contributed by atoms with Gasteiger partial charge in [0, 0.05) is 18.5 Å². The van der Waals surface area contributed by atoms with E-state index in [1.807, 2.05) is 6.07 Å². The van der Waals surface area contributed by atoms with Crippen LogP contribution in [-0.2, 0) is 13.0 Å². The Bertz CT molecular complexity index is 742. The summed E-state index contributed by atoms with van der Waals surface area (Å²) in [6, 6.07) is 19.1. The molecule has 0 radical (unpaired) electrons. The van der Waals surface area contributed by atoms with E-state index in [-0.39, 0.29) is 0 Å². The third-order valence-corrected chi connectivity index (χ3v) is 4.11. The van der Waals surface area contributed by atoms with Crippen LogP contribution in [-0.4, -0.2) is 14.8 Å². The monoisotopic (exact) mass is 275 g/mol. The first-order chi connectivity index (χ1) is 10.4. The van der Waals surface area contributed by atoms with Gasteiger partial charge in [0.05, 0.1) is 0 Å². The first-order valence-electron chi connectivity index (χ1n) is 7.50. The molecule has 0 atom stereocenters. The van der Waals surface area contributed by atoms with Crippen molar-refractivity contribution in [1.29, 1.82) is 0 Å². The molecule has 21 heavy (non-hydrogen) atoms. The Labute approximate surface area is 124 Å². The largest absolute Gasteiger partial charge is 0.311 e. The second-order valence-corrected chi connectivity index (χ2v) is 5.49. The summed E-state index contributed by atoms with van der Waals surface area (Å²) in [6.07, 6.45) is 3.50. The van der Waals surface area contributed by atoms with Crippen molar-refractivity contribution >= 4 is 0 Å². The molecular weight excluding hydrogens is 258 g/mol. The molecule has 0 fully saturated rings. The smallest absolute Gasteiger partial charge is 0.163 e. The van der Waals surface area contributed by atoms with Gasteiger partial charge in [0.15, 0.2) is 5.82 Å². The van der Waals surface area contributed by atoms with Gasteiger partial charge in [-0.25, -0.2) is 0 Å². The number of hydrogen-bond acceptors (Lipinski definition) is 2. The maximum atomic E-state index is 4.38. The van der Waals surface area contributed by atoms with Gasteiger partial charge in [0.25, 0.3) is 0 Å². The van der Waals surface area contributed by atoms with Gasteiger partial charge in [-0.05, 0) is 24.0 Å². The third kappa shape index (κ3) is 2.25. The summed E-state index contributed by atoms with van der Waals surface area (Å²) in [7, 11) is 0. The highest BCUT2D eigenvalue weighted by molar-refractivity contribution is 5.67. The Hall–Kier alpha value is -2.42. The maximum Gasteiger partial charge on any atom is 0.163 e. The van der Waals surface area contributed by atoms with E-state index in [1.165, 1.54) is 24.0 Å². The highest BCUT2D eigenvalue weighted by Crippen LogP contribution is 2.26. The predicted molar refractivity (Wildman–Crippen MR) is 83.8 cm³/mol. The van der Waals surface area contributed by atoms with Crippen LogP contribution >= 0.6 is 0 Å². The molecule has 0 unspecified atom stereocenters. The summed E-state index contributed by atoms with van der Waals surface area (Å²) >= 11 is 0. The zero-order chi connectivity index (χ0) is 14.1. The fourth-order valence-corrected chi connectivity index (χ4v) is 2.96. The minimum absolute atomic E-state index is 1.00. The van der Waals surface area contributed by atoms with Crippen LogP contribution in [0.1, 0.15) is 18.7 Å². The lowest BCUT2D eigenvalue weighted by molar-refractivity contribution is 0.526. The molecule has 0 aliphatic carbocycles. The molecule has 1 aromatic heterocycles. The van der Waals surface area contributed by atoms with E-state index in [2.05, 4.69) is 63.3 Å². The van der Waals surface area contributed by atoms with E-state index >= 15 is 0 Å². The Morgan fingerprint density at radius 3 is 2.24 bits per heavy atom. The Balaban J connectivity index is 1.69. The van der Waals surface area contributed by atoms with E-state index in [9.17, 15) is 0 Å². The van der Waals surface area contributed by atoms with Crippen LogP contribution in [0.5, 0.6) is 0 Å². The number of hydrogen-bond donors (Lipinski definition) is 0. The van der Waals surface area contributed by atoms with E-state index in [0.29, 0.717) is 0 Å². The third-order valence-electron chi connectivity index (χ3n) is 4.11. The van der Waals surface area contributed by atoms with Crippen molar-refractivity contribution in [2.75, 3.05) is 0 Å². The van der Waals surface area contributed by atoms with Crippen molar-refractivity contribution in [1.82, 2.24) is 14.8 Å². The second kappa shape index (κ2) is 5.17. The lowest BCUT2D eigenvalue weighted by Gasteiger charge is -2.14. The SMILES string of the molecule is c1ccc(-c2ccc(-c3nnc4n3CCCC4)cc2)cc1. The number of aromatic nitrogens is 3. The average molecular weight is 275 g/mol. The standard InChI is InChI=1S/C18H17N3/c1-2-6-14(7-3-1)15-9-11-16(12-10-15)18-20-19-17-8-4-5-13-21(17)18/h1-3,6-7,9-12H,4-5,8,13H2. The zero-order valence-electron chi connectivity index (χ0n) is 11.9. The molecule has 4 rings (SSSR count). The molecule has 1 aliphatic rings. The van der Waals surface area contributed by atoms with Crippen LogP contribution in [0.4, 0.5) is 0 Å². The van der Waals surface area contributed by atoms with Crippen molar-refractivity contribution in [3.8, 4) is 22.5 Å². The molecule has 2 aromatic carbocycles. The first-order valence-corrected chi connectivity index (χ1v) is 7.50. The van der Waals surface area contributed by atoms with Crippen molar-refractivity contribution in [3.05, 3.63) is 60.4 Å². The molecule has 2 heterocycles. The van der Waals surface area contributed by atoms with Crippen LogP contribution in [0.2, 0.25) is 0 Å². The normalized spacial score (nSPS) is 13.9. The van der Waals surface area contributed by atoms with Crippen molar-refractivity contribution in [2.45, 2.75) is 25.8 Å². The lowest BCUT2D eigenvalue weighted by atomic mass is 10.0. The first kappa shape index (κ1) is 12.3. The minimum atomic E-state index is 1.00. The summed E-state index contributed by atoms with van der Waals surface area (Å²) in [6.45, 7) is 1.04. The summed E-state index contributed by atoms with van der Waals surface area (Å²) < 4.78 is 2.26. The van der Waals surface area contributed by atoms with E-state index < -0.39 is 0 Å². The maximum absolute atomic E-state index is 4.38. The van der Waals surface area contributed by atoms with Gasteiger partial charge in [-0.1, -0.05) is 54.6 Å². The van der Waals surface area contributed by atoms with Gasteiger partial charge in [-0.15, -0.1) is 10.2 Å². The number of fused-ring (bicyclic) bond motifs is 1. The summed E-state index contributed by atoms with van der Waals surface area (Å²) in [5.41, 5.74) is 3.63. The fraction of sp³-hybridized carbons (Fsp3) is 0.222. The average Bonchev–Trinajstić information content (AvgIpc) is 3.00. The van der Waals surface area contributed by atoms with Gasteiger partial charge < -0.3 is 4.57 Å². The molecule has 0 bridgehead atoms. The van der Waals surface area contributed by atoms with Crippen molar-refractivity contribution in [2.24, 2.45) is 0 Å². The van der Waals surface area contributed by atoms with E-state index in [4.69, 9.17) is 0 Å². The quantitative estimate of drug-likeness (QED) is 0.709. The van der Waals surface area contributed by atoms with Crippen LogP contribution in [0, 0.1) is 0 Å². The lowest BCUT2D eigenvalue weighted by Crippen LogP contribution is -2.11. The Morgan fingerprint density at radius 2 is 1.43 bits per heavy atom. The predicted octanol–water partition coefficient (Wildman–Crippen LogP) is 3.95. The molecule has 3 nitrogen and oxygen atoms in total. The molecule has 1 aliphatic heterocycles. The summed E-state index contributed by atoms with van der Waals surface area (Å²) in [5, 5.41) is 8.71. The van der Waals surface area contributed by atoms with Gasteiger partial charge >= 0.3 is 0 Å². The molecule has 3 aromatic rings. The Kier molecular flexibility index (Phi) is 3.03. The van der Waals surface area contributed by atoms with Gasteiger partial charge in [-0.3, -0.25) is 0 Å². The van der Waals surface area contributed by atoms with Crippen molar-refractivity contribution in [3.63, 3.8) is 0 Å². The topological polar surface area (TPSA) is 30.7 Å². The molecular formula is C18H17N3. The Morgan fingerprint density at radius 1 is 0.714 bits per heavy atom. The minimum Gasteiger partial charge on any atom is -0.311 e. The molecule has 104 valence electrons. The van der Waals surface area contributed by atoms with Crippen LogP contribution in [0.15, 0.2) is 54.6 Å². The molecule has 0 spiro atoms. The highest BCUT2D eigenvalue weighted by atomic mass is 15.3. The van der Waals surface area contributed by atoms with E-state index in [0.717, 1.165) is 30.2 Å². The molecule has 0 N–H and O–H groups in total. The number of nitrogens with zero attached hydrogens (tertiary/aromatic N) is 3. The van der Waals surface area contributed by atoms with Gasteiger partial charge in [0.2, 0.25) is 0 Å². The summed E-state index contributed by atoms with van der Waals surface area (Å²) in [5.74, 6) is 2.13.